The van der Waals surface area contributed by atoms with Crippen LogP contribution in [0.3, 0.4) is 0 Å². The van der Waals surface area contributed by atoms with Crippen molar-refractivity contribution >= 4 is 0 Å². The molecule has 0 aromatic carbocycles. The minimum atomic E-state index is 0.807. The minimum absolute atomic E-state index is 0.807. The molecule has 0 atom stereocenters. The topological polar surface area (TPSA) is 26.0 Å². The van der Waals surface area contributed by atoms with Gasteiger partial charge in [0.15, 0.2) is 0 Å². The fourth-order valence-electron chi connectivity index (χ4n) is 1.79. The molecule has 0 aliphatic carbocycles. The molecule has 0 aromatic heterocycles. The van der Waals surface area contributed by atoms with Gasteiger partial charge in [0.1, 0.15) is 0 Å². The van der Waals surface area contributed by atoms with Crippen molar-refractivity contribution in [3.8, 4) is 0 Å². The molecule has 2 N–H and O–H groups in total. The lowest BCUT2D eigenvalue weighted by Crippen LogP contribution is -2.16. The highest BCUT2D eigenvalue weighted by molar-refractivity contribution is 4.66. The Morgan fingerprint density at radius 3 is 1.73 bits per heavy atom. The number of rotatable bonds is 5. The molecule has 0 unspecified atom stereocenters. The molecule has 1 nitrogen and oxygen atoms in total. The van der Waals surface area contributed by atoms with Gasteiger partial charge >= 0.3 is 0 Å². The summed E-state index contributed by atoms with van der Waals surface area (Å²) in [7, 11) is 0. The van der Waals surface area contributed by atoms with E-state index in [1.807, 2.05) is 0 Å². The Labute approximate surface area is 71.4 Å². The van der Waals surface area contributed by atoms with Gasteiger partial charge < -0.3 is 5.73 Å². The summed E-state index contributed by atoms with van der Waals surface area (Å²) in [4.78, 5) is 0. The van der Waals surface area contributed by atoms with Crippen LogP contribution in [0.1, 0.15) is 40.5 Å². The van der Waals surface area contributed by atoms with Crippen LogP contribution < -0.4 is 5.73 Å². The molecule has 0 rings (SSSR count). The van der Waals surface area contributed by atoms with Crippen molar-refractivity contribution in [3.63, 3.8) is 0 Å². The molecular weight excluding hydrogens is 134 g/mol. The molecule has 0 heterocycles. The molecule has 0 bridgehead atoms. The summed E-state index contributed by atoms with van der Waals surface area (Å²) >= 11 is 0. The Kier molecular flexibility index (Phi) is 5.57. The van der Waals surface area contributed by atoms with E-state index >= 15 is 0 Å². The fourth-order valence-corrected chi connectivity index (χ4v) is 1.79. The Balaban J connectivity index is 3.70. The fraction of sp³-hybridized carbons (Fsp3) is 1.00. The van der Waals surface area contributed by atoms with Gasteiger partial charge in [-0.15, -0.1) is 0 Å². The largest absolute Gasteiger partial charge is 0.330 e. The van der Waals surface area contributed by atoms with Gasteiger partial charge in [-0.2, -0.15) is 0 Å². The van der Waals surface area contributed by atoms with E-state index in [1.165, 1.54) is 12.8 Å². The standard InChI is InChI=1S/C10H23N/c1-8(2)10(9(3)4)6-5-7-11/h8-10H,5-7,11H2,1-4H3. The van der Waals surface area contributed by atoms with Crippen LogP contribution in [0.2, 0.25) is 0 Å². The van der Waals surface area contributed by atoms with Crippen molar-refractivity contribution in [2.24, 2.45) is 23.5 Å². The molecule has 68 valence electrons. The zero-order valence-electron chi connectivity index (χ0n) is 8.43. The minimum Gasteiger partial charge on any atom is -0.330 e. The van der Waals surface area contributed by atoms with Crippen LogP contribution >= 0.6 is 0 Å². The summed E-state index contributed by atoms with van der Waals surface area (Å²) in [6.07, 6.45) is 2.48. The second-order valence-corrected chi connectivity index (χ2v) is 4.08. The van der Waals surface area contributed by atoms with E-state index in [1.54, 1.807) is 0 Å². The molecule has 0 saturated heterocycles. The lowest BCUT2D eigenvalue weighted by molar-refractivity contribution is 0.265. The lowest BCUT2D eigenvalue weighted by atomic mass is 9.82. The van der Waals surface area contributed by atoms with Crippen LogP contribution in [0.25, 0.3) is 0 Å². The van der Waals surface area contributed by atoms with Crippen LogP contribution in [0.5, 0.6) is 0 Å². The zero-order chi connectivity index (χ0) is 8.85. The van der Waals surface area contributed by atoms with E-state index in [2.05, 4.69) is 27.7 Å². The highest BCUT2D eigenvalue weighted by Crippen LogP contribution is 2.24. The van der Waals surface area contributed by atoms with E-state index in [4.69, 9.17) is 5.73 Å². The summed E-state index contributed by atoms with van der Waals surface area (Å²) in [5.74, 6) is 2.47. The second kappa shape index (κ2) is 5.59. The predicted molar refractivity (Wildman–Crippen MR) is 51.5 cm³/mol. The number of nitrogens with two attached hydrogens (primary N) is 1. The van der Waals surface area contributed by atoms with Crippen LogP contribution in [0.4, 0.5) is 0 Å². The quantitative estimate of drug-likeness (QED) is 0.652. The van der Waals surface area contributed by atoms with Crippen molar-refractivity contribution in [3.05, 3.63) is 0 Å². The Bertz CT molecular complexity index is 78.9. The van der Waals surface area contributed by atoms with Crippen LogP contribution in [0.15, 0.2) is 0 Å². The van der Waals surface area contributed by atoms with E-state index in [0.717, 1.165) is 24.3 Å². The van der Waals surface area contributed by atoms with Crippen molar-refractivity contribution in [2.75, 3.05) is 6.54 Å². The van der Waals surface area contributed by atoms with Gasteiger partial charge in [-0.05, 0) is 37.1 Å². The van der Waals surface area contributed by atoms with Crippen molar-refractivity contribution in [2.45, 2.75) is 40.5 Å². The predicted octanol–water partition coefficient (Wildman–Crippen LogP) is 2.65. The Morgan fingerprint density at radius 2 is 1.45 bits per heavy atom. The van der Waals surface area contributed by atoms with Crippen LogP contribution in [-0.2, 0) is 0 Å². The van der Waals surface area contributed by atoms with Crippen LogP contribution in [0, 0.1) is 17.8 Å². The second-order valence-electron chi connectivity index (χ2n) is 4.08. The van der Waals surface area contributed by atoms with Gasteiger partial charge in [0, 0.05) is 0 Å². The first-order valence-electron chi connectivity index (χ1n) is 4.79. The summed E-state index contributed by atoms with van der Waals surface area (Å²) < 4.78 is 0. The number of hydrogen-bond donors (Lipinski definition) is 1. The molecule has 0 aromatic rings. The van der Waals surface area contributed by atoms with E-state index in [0.29, 0.717) is 0 Å². The zero-order valence-corrected chi connectivity index (χ0v) is 8.43. The molecule has 0 aliphatic rings. The van der Waals surface area contributed by atoms with Gasteiger partial charge in [0.05, 0.1) is 0 Å². The molecule has 11 heavy (non-hydrogen) atoms. The highest BCUT2D eigenvalue weighted by Gasteiger charge is 2.15. The van der Waals surface area contributed by atoms with Crippen molar-refractivity contribution < 1.29 is 0 Å². The molecule has 0 fully saturated rings. The molecule has 1 heteroatoms. The maximum absolute atomic E-state index is 5.48. The molecule has 0 saturated carbocycles. The summed E-state index contributed by atoms with van der Waals surface area (Å²) in [5, 5.41) is 0. The molecule has 0 radical (unpaired) electrons. The SMILES string of the molecule is CC(C)C(CCCN)C(C)C. The molecular formula is C10H23N. The molecule has 0 amide bonds. The van der Waals surface area contributed by atoms with Gasteiger partial charge in [-0.25, -0.2) is 0 Å². The normalized spacial score (nSPS) is 12.0. The smallest absolute Gasteiger partial charge is 0.00772 e. The first-order valence-corrected chi connectivity index (χ1v) is 4.79. The summed E-state index contributed by atoms with van der Waals surface area (Å²) in [6, 6.07) is 0. The lowest BCUT2D eigenvalue weighted by Gasteiger charge is -2.24. The summed E-state index contributed by atoms with van der Waals surface area (Å²) in [5.41, 5.74) is 5.48. The number of hydrogen-bond acceptors (Lipinski definition) is 1. The third-order valence-electron chi connectivity index (χ3n) is 2.45. The Hall–Kier alpha value is -0.0400. The van der Waals surface area contributed by atoms with E-state index < -0.39 is 0 Å². The van der Waals surface area contributed by atoms with Gasteiger partial charge in [0.25, 0.3) is 0 Å². The van der Waals surface area contributed by atoms with E-state index in [-0.39, 0.29) is 0 Å². The van der Waals surface area contributed by atoms with E-state index in [9.17, 15) is 0 Å². The maximum atomic E-state index is 5.48. The maximum Gasteiger partial charge on any atom is -0.00772 e. The van der Waals surface area contributed by atoms with Crippen LogP contribution in [-0.4, -0.2) is 6.54 Å². The average molecular weight is 157 g/mol. The summed E-state index contributed by atoms with van der Waals surface area (Å²) in [6.45, 7) is 10.1. The van der Waals surface area contributed by atoms with Crippen molar-refractivity contribution in [1.82, 2.24) is 0 Å². The first-order chi connectivity index (χ1) is 5.09. The third-order valence-corrected chi connectivity index (χ3v) is 2.45. The highest BCUT2D eigenvalue weighted by atomic mass is 14.5. The van der Waals surface area contributed by atoms with Gasteiger partial charge in [-0.1, -0.05) is 27.7 Å². The van der Waals surface area contributed by atoms with Gasteiger partial charge in [-0.3, -0.25) is 0 Å². The monoisotopic (exact) mass is 157 g/mol. The first kappa shape index (κ1) is 11.0. The third kappa shape index (κ3) is 4.41. The average Bonchev–Trinajstić information content (AvgIpc) is 1.87. The van der Waals surface area contributed by atoms with Crippen molar-refractivity contribution in [1.29, 1.82) is 0 Å². The Morgan fingerprint density at radius 1 is 1.00 bits per heavy atom. The molecule has 0 aliphatic heterocycles. The molecule has 0 spiro atoms. The van der Waals surface area contributed by atoms with Gasteiger partial charge in [0.2, 0.25) is 0 Å².